The summed E-state index contributed by atoms with van der Waals surface area (Å²) in [6.07, 6.45) is 1.53. The minimum absolute atomic E-state index is 0.0250. The molecule has 1 rings (SSSR count). The number of nitrogens with zero attached hydrogens (tertiary/aromatic N) is 1. The van der Waals surface area contributed by atoms with Crippen molar-refractivity contribution in [1.82, 2.24) is 5.06 Å². The Morgan fingerprint density at radius 2 is 2.29 bits per heavy atom. The number of hydrogen-bond donors (Lipinski definition) is 0. The van der Waals surface area contributed by atoms with Gasteiger partial charge in [-0.25, -0.2) is 5.06 Å². The van der Waals surface area contributed by atoms with Crippen LogP contribution in [0.15, 0.2) is 0 Å². The molecular weight excluding hydrogens is 182 g/mol. The molecule has 0 aromatic carbocycles. The van der Waals surface area contributed by atoms with Gasteiger partial charge in [0.2, 0.25) is 5.91 Å². The van der Waals surface area contributed by atoms with Crippen molar-refractivity contribution in [1.29, 1.82) is 0 Å². The molecule has 0 aromatic heterocycles. The van der Waals surface area contributed by atoms with Gasteiger partial charge in [-0.3, -0.25) is 9.63 Å². The van der Waals surface area contributed by atoms with E-state index in [4.69, 9.17) is 4.84 Å². The monoisotopic (exact) mass is 199 g/mol. The molecule has 1 aliphatic rings. The smallest absolute Gasteiger partial charge is 0.249 e. The van der Waals surface area contributed by atoms with Gasteiger partial charge in [0.05, 0.1) is 13.0 Å². The number of amides is 1. The first-order valence-electron chi connectivity index (χ1n) is 4.93. The third-order valence-electron chi connectivity index (χ3n) is 2.77. The maximum absolute atomic E-state index is 11.5. The van der Waals surface area contributed by atoms with Gasteiger partial charge in [-0.15, -0.1) is 0 Å². The van der Waals surface area contributed by atoms with Crippen LogP contribution < -0.4 is 0 Å². The molecule has 4 heteroatoms. The van der Waals surface area contributed by atoms with Crippen LogP contribution in [0.4, 0.5) is 0 Å². The van der Waals surface area contributed by atoms with Crippen molar-refractivity contribution in [2.75, 3.05) is 6.54 Å². The summed E-state index contributed by atoms with van der Waals surface area (Å²) in [7, 11) is 0. The summed E-state index contributed by atoms with van der Waals surface area (Å²) < 4.78 is 0. The molecule has 0 radical (unpaired) electrons. The predicted octanol–water partition coefficient (Wildman–Crippen LogP) is 1.15. The predicted molar refractivity (Wildman–Crippen MR) is 51.3 cm³/mol. The zero-order valence-corrected chi connectivity index (χ0v) is 8.95. The molecule has 0 aromatic rings. The van der Waals surface area contributed by atoms with Gasteiger partial charge in [0.25, 0.3) is 0 Å². The first-order chi connectivity index (χ1) is 6.49. The number of carbonyl (C=O) groups is 2. The molecular formula is C10H17NO3. The Labute approximate surface area is 84.2 Å². The van der Waals surface area contributed by atoms with Gasteiger partial charge in [0, 0.05) is 6.42 Å². The van der Waals surface area contributed by atoms with Crippen molar-refractivity contribution in [3.63, 3.8) is 0 Å². The molecule has 0 bridgehead atoms. The second kappa shape index (κ2) is 4.09. The Kier molecular flexibility index (Phi) is 3.26. The van der Waals surface area contributed by atoms with E-state index in [0.29, 0.717) is 19.4 Å². The van der Waals surface area contributed by atoms with Crippen LogP contribution >= 0.6 is 0 Å². The van der Waals surface area contributed by atoms with Crippen LogP contribution in [0.3, 0.4) is 0 Å². The van der Waals surface area contributed by atoms with Gasteiger partial charge < -0.3 is 4.79 Å². The maximum atomic E-state index is 11.5. The van der Waals surface area contributed by atoms with Crippen LogP contribution in [0.2, 0.25) is 0 Å². The van der Waals surface area contributed by atoms with E-state index in [1.807, 2.05) is 20.8 Å². The fourth-order valence-electron chi connectivity index (χ4n) is 1.37. The summed E-state index contributed by atoms with van der Waals surface area (Å²) in [4.78, 5) is 27.2. The highest BCUT2D eigenvalue weighted by atomic mass is 16.7. The molecule has 1 heterocycles. The topological polar surface area (TPSA) is 46.6 Å². The van der Waals surface area contributed by atoms with Crippen LogP contribution in [-0.2, 0) is 14.4 Å². The Hall–Kier alpha value is -0.900. The number of carbonyl (C=O) groups excluding carboxylic acids is 2. The lowest BCUT2D eigenvalue weighted by molar-refractivity contribution is -0.205. The molecule has 14 heavy (non-hydrogen) atoms. The van der Waals surface area contributed by atoms with E-state index < -0.39 is 5.60 Å². The molecule has 0 spiro atoms. The summed E-state index contributed by atoms with van der Waals surface area (Å²) in [5.74, 6) is 0.260. The average molecular weight is 199 g/mol. The maximum Gasteiger partial charge on any atom is 0.249 e. The van der Waals surface area contributed by atoms with Crippen molar-refractivity contribution in [3.8, 4) is 0 Å². The van der Waals surface area contributed by atoms with E-state index in [1.54, 1.807) is 0 Å². The highest BCUT2D eigenvalue weighted by Gasteiger charge is 2.43. The summed E-state index contributed by atoms with van der Waals surface area (Å²) in [5, 5.41) is 1.31. The second-order valence-electron chi connectivity index (χ2n) is 4.19. The standard InChI is InChI=1S/C10H17NO3/c1-8(2)10(3)7-9(13)11(14-10)5-4-6-12/h6,8H,4-5,7H2,1-3H3. The summed E-state index contributed by atoms with van der Waals surface area (Å²) >= 11 is 0. The fourth-order valence-corrected chi connectivity index (χ4v) is 1.37. The zero-order valence-electron chi connectivity index (χ0n) is 8.95. The van der Waals surface area contributed by atoms with E-state index in [-0.39, 0.29) is 11.8 Å². The summed E-state index contributed by atoms with van der Waals surface area (Å²) in [5.41, 5.74) is -0.403. The van der Waals surface area contributed by atoms with E-state index in [2.05, 4.69) is 0 Å². The molecule has 1 saturated heterocycles. The van der Waals surface area contributed by atoms with Gasteiger partial charge in [-0.1, -0.05) is 13.8 Å². The second-order valence-corrected chi connectivity index (χ2v) is 4.19. The highest BCUT2D eigenvalue weighted by Crippen LogP contribution is 2.33. The molecule has 1 amide bonds. The van der Waals surface area contributed by atoms with Crippen molar-refractivity contribution in [2.24, 2.45) is 5.92 Å². The molecule has 4 nitrogen and oxygen atoms in total. The van der Waals surface area contributed by atoms with Crippen LogP contribution in [0.25, 0.3) is 0 Å². The Morgan fingerprint density at radius 3 is 2.71 bits per heavy atom. The van der Waals surface area contributed by atoms with E-state index in [0.717, 1.165) is 6.29 Å². The quantitative estimate of drug-likeness (QED) is 0.638. The Balaban J connectivity index is 2.59. The first-order valence-corrected chi connectivity index (χ1v) is 4.93. The SMILES string of the molecule is CC(C)C1(C)CC(=O)N(CCC=O)O1. The van der Waals surface area contributed by atoms with Crippen molar-refractivity contribution >= 4 is 12.2 Å². The Bertz CT molecular complexity index is 240. The largest absolute Gasteiger partial charge is 0.303 e. The normalized spacial score (nSPS) is 27.4. The van der Waals surface area contributed by atoms with Crippen molar-refractivity contribution < 1.29 is 14.4 Å². The van der Waals surface area contributed by atoms with E-state index in [1.165, 1.54) is 5.06 Å². The molecule has 0 aliphatic carbocycles. The number of aldehydes is 1. The molecule has 1 aliphatic heterocycles. The molecule has 1 unspecified atom stereocenters. The first kappa shape index (κ1) is 11.2. The third-order valence-corrected chi connectivity index (χ3v) is 2.77. The Morgan fingerprint density at radius 1 is 1.64 bits per heavy atom. The molecule has 1 atom stereocenters. The van der Waals surface area contributed by atoms with Crippen LogP contribution in [0, 0.1) is 5.92 Å². The zero-order chi connectivity index (χ0) is 10.8. The average Bonchev–Trinajstić information content (AvgIpc) is 2.39. The molecule has 80 valence electrons. The van der Waals surface area contributed by atoms with Gasteiger partial charge in [0.15, 0.2) is 0 Å². The fraction of sp³-hybridized carbons (Fsp3) is 0.800. The number of hydroxylamine groups is 2. The summed E-state index contributed by atoms with van der Waals surface area (Å²) in [6.45, 7) is 6.34. The van der Waals surface area contributed by atoms with Gasteiger partial charge >= 0.3 is 0 Å². The number of rotatable bonds is 4. The highest BCUT2D eigenvalue weighted by molar-refractivity contribution is 5.78. The van der Waals surface area contributed by atoms with E-state index >= 15 is 0 Å². The minimum atomic E-state index is -0.403. The minimum Gasteiger partial charge on any atom is -0.303 e. The molecule has 0 N–H and O–H groups in total. The van der Waals surface area contributed by atoms with Crippen LogP contribution in [0.1, 0.15) is 33.6 Å². The lowest BCUT2D eigenvalue weighted by Gasteiger charge is -2.27. The third kappa shape index (κ3) is 2.12. The van der Waals surface area contributed by atoms with Gasteiger partial charge in [-0.05, 0) is 12.8 Å². The van der Waals surface area contributed by atoms with E-state index in [9.17, 15) is 9.59 Å². The van der Waals surface area contributed by atoms with Gasteiger partial charge in [0.1, 0.15) is 11.9 Å². The summed E-state index contributed by atoms with van der Waals surface area (Å²) in [6, 6.07) is 0. The lowest BCUT2D eigenvalue weighted by Crippen LogP contribution is -2.33. The van der Waals surface area contributed by atoms with Crippen LogP contribution in [0.5, 0.6) is 0 Å². The van der Waals surface area contributed by atoms with Crippen molar-refractivity contribution in [3.05, 3.63) is 0 Å². The van der Waals surface area contributed by atoms with Crippen LogP contribution in [-0.4, -0.2) is 29.4 Å². The molecule has 1 fully saturated rings. The van der Waals surface area contributed by atoms with Gasteiger partial charge in [-0.2, -0.15) is 0 Å². The molecule has 0 saturated carbocycles. The van der Waals surface area contributed by atoms with Crippen molar-refractivity contribution in [2.45, 2.75) is 39.2 Å². The number of hydrogen-bond acceptors (Lipinski definition) is 3. The lowest BCUT2D eigenvalue weighted by atomic mass is 9.90.